The molecule has 0 atom stereocenters. The zero-order valence-corrected chi connectivity index (χ0v) is 15.9. The van der Waals surface area contributed by atoms with E-state index in [0.29, 0.717) is 43.3 Å². The van der Waals surface area contributed by atoms with Crippen LogP contribution in [0.4, 0.5) is 11.6 Å². The van der Waals surface area contributed by atoms with Gasteiger partial charge in [-0.2, -0.15) is 0 Å². The van der Waals surface area contributed by atoms with Gasteiger partial charge < -0.3 is 26.4 Å². The number of nitrogens with two attached hydrogens (primary N) is 2. The Bertz CT molecular complexity index is 806. The zero-order valence-electron chi connectivity index (χ0n) is 15.1. The number of benzene rings is 1. The van der Waals surface area contributed by atoms with Crippen molar-refractivity contribution in [2.45, 2.75) is 24.9 Å². The van der Waals surface area contributed by atoms with Crippen LogP contribution in [0.2, 0.25) is 5.02 Å². The Labute approximate surface area is 162 Å². The Morgan fingerprint density at radius 2 is 1.96 bits per heavy atom. The molecule has 1 aliphatic heterocycles. The highest BCUT2D eigenvalue weighted by molar-refractivity contribution is 6.35. The van der Waals surface area contributed by atoms with Crippen molar-refractivity contribution in [1.82, 2.24) is 15.3 Å². The third kappa shape index (κ3) is 4.23. The fraction of sp³-hybridized carbons (Fsp3) is 0.389. The third-order valence-electron chi connectivity index (χ3n) is 4.82. The van der Waals surface area contributed by atoms with Crippen LogP contribution in [0.15, 0.2) is 30.6 Å². The van der Waals surface area contributed by atoms with Crippen molar-refractivity contribution in [1.29, 1.82) is 0 Å². The molecule has 3 rings (SSSR count). The fourth-order valence-electron chi connectivity index (χ4n) is 3.04. The van der Waals surface area contributed by atoms with Crippen LogP contribution in [0.1, 0.15) is 18.4 Å². The number of amides is 1. The first-order chi connectivity index (χ1) is 12.9. The van der Waals surface area contributed by atoms with Gasteiger partial charge in [0.2, 0.25) is 5.91 Å². The lowest BCUT2D eigenvalue weighted by Gasteiger charge is -2.38. The van der Waals surface area contributed by atoms with Gasteiger partial charge in [0.05, 0.1) is 12.6 Å². The van der Waals surface area contributed by atoms with E-state index >= 15 is 0 Å². The molecule has 9 heteroatoms. The maximum atomic E-state index is 12.6. The van der Waals surface area contributed by atoms with Crippen LogP contribution in [0.3, 0.4) is 0 Å². The van der Waals surface area contributed by atoms with Gasteiger partial charge in [-0.25, -0.2) is 9.97 Å². The number of nitrogens with one attached hydrogen (secondary N) is 1. The van der Waals surface area contributed by atoms with Crippen LogP contribution in [-0.4, -0.2) is 41.6 Å². The number of rotatable bonds is 5. The number of nitrogen functional groups attached to an aromatic ring is 1. The van der Waals surface area contributed by atoms with Crippen molar-refractivity contribution >= 4 is 29.1 Å². The number of anilines is 2. The molecule has 2 aromatic rings. The van der Waals surface area contributed by atoms with Gasteiger partial charge >= 0.3 is 0 Å². The molecular weight excluding hydrogens is 368 g/mol. The number of nitrogens with zero attached hydrogens (tertiary/aromatic N) is 3. The SMILES string of the molecule is COc1ccc(CNC(=O)C2(N)CCN(c3ncnc(N)c3Cl)CC2)cc1. The van der Waals surface area contributed by atoms with Crippen molar-refractivity contribution in [2.24, 2.45) is 5.73 Å². The zero-order chi connectivity index (χ0) is 19.4. The molecule has 0 saturated carbocycles. The van der Waals surface area contributed by atoms with E-state index in [1.54, 1.807) is 7.11 Å². The Kier molecular flexibility index (Phi) is 5.67. The predicted molar refractivity (Wildman–Crippen MR) is 105 cm³/mol. The van der Waals surface area contributed by atoms with Gasteiger partial charge in [0.1, 0.15) is 22.9 Å². The lowest BCUT2D eigenvalue weighted by molar-refractivity contribution is -0.127. The van der Waals surface area contributed by atoms with E-state index in [-0.39, 0.29) is 11.7 Å². The Morgan fingerprint density at radius 3 is 2.59 bits per heavy atom. The summed E-state index contributed by atoms with van der Waals surface area (Å²) in [6.45, 7) is 1.53. The van der Waals surface area contributed by atoms with Gasteiger partial charge in [-0.05, 0) is 30.5 Å². The van der Waals surface area contributed by atoms with E-state index in [1.807, 2.05) is 29.2 Å². The van der Waals surface area contributed by atoms with Crippen molar-refractivity contribution in [2.75, 3.05) is 30.8 Å². The van der Waals surface area contributed by atoms with Crippen molar-refractivity contribution in [3.05, 3.63) is 41.2 Å². The minimum atomic E-state index is -0.923. The van der Waals surface area contributed by atoms with Crippen molar-refractivity contribution in [3.8, 4) is 5.75 Å². The molecule has 1 amide bonds. The average Bonchev–Trinajstić information content (AvgIpc) is 2.69. The van der Waals surface area contributed by atoms with E-state index in [2.05, 4.69) is 15.3 Å². The highest BCUT2D eigenvalue weighted by Crippen LogP contribution is 2.31. The number of aromatic nitrogens is 2. The lowest BCUT2D eigenvalue weighted by Crippen LogP contribution is -2.59. The van der Waals surface area contributed by atoms with Crippen molar-refractivity contribution in [3.63, 3.8) is 0 Å². The molecule has 144 valence electrons. The molecule has 1 fully saturated rings. The number of hydrogen-bond donors (Lipinski definition) is 3. The number of methoxy groups -OCH3 is 1. The molecule has 0 aliphatic carbocycles. The van der Waals surface area contributed by atoms with E-state index < -0.39 is 5.54 Å². The molecule has 0 radical (unpaired) electrons. The molecule has 0 spiro atoms. The normalized spacial score (nSPS) is 16.0. The van der Waals surface area contributed by atoms with Gasteiger partial charge in [-0.3, -0.25) is 4.79 Å². The maximum Gasteiger partial charge on any atom is 0.240 e. The summed E-state index contributed by atoms with van der Waals surface area (Å²) in [4.78, 5) is 22.7. The van der Waals surface area contributed by atoms with Gasteiger partial charge in [-0.1, -0.05) is 23.7 Å². The minimum Gasteiger partial charge on any atom is -0.497 e. The Hall–Kier alpha value is -2.58. The van der Waals surface area contributed by atoms with Crippen LogP contribution in [0.25, 0.3) is 0 Å². The van der Waals surface area contributed by atoms with E-state index in [0.717, 1.165) is 11.3 Å². The molecule has 1 aromatic carbocycles. The van der Waals surface area contributed by atoms with Gasteiger partial charge in [-0.15, -0.1) is 0 Å². The Morgan fingerprint density at radius 1 is 1.30 bits per heavy atom. The number of hydrogen-bond acceptors (Lipinski definition) is 7. The van der Waals surface area contributed by atoms with Crippen LogP contribution < -0.4 is 26.4 Å². The van der Waals surface area contributed by atoms with Gasteiger partial charge in [0.15, 0.2) is 5.82 Å². The molecule has 2 heterocycles. The van der Waals surface area contributed by atoms with E-state index in [1.165, 1.54) is 6.33 Å². The highest BCUT2D eigenvalue weighted by atomic mass is 35.5. The first-order valence-corrected chi connectivity index (χ1v) is 9.02. The van der Waals surface area contributed by atoms with Crippen LogP contribution in [-0.2, 0) is 11.3 Å². The van der Waals surface area contributed by atoms with Crippen LogP contribution >= 0.6 is 11.6 Å². The first kappa shape index (κ1) is 19.2. The second-order valence-electron chi connectivity index (χ2n) is 6.57. The van der Waals surface area contributed by atoms with E-state index in [9.17, 15) is 4.79 Å². The first-order valence-electron chi connectivity index (χ1n) is 8.64. The number of piperidine rings is 1. The summed E-state index contributed by atoms with van der Waals surface area (Å²) in [5, 5.41) is 3.25. The van der Waals surface area contributed by atoms with Gasteiger partial charge in [0.25, 0.3) is 0 Å². The standard InChI is InChI=1S/C18H23ClN6O2/c1-27-13-4-2-12(3-5-13)10-22-17(26)18(21)6-8-25(9-7-18)16-14(19)15(20)23-11-24-16/h2-5,11H,6-10,21H2,1H3,(H,22,26)(H2,20,23,24). The molecule has 5 N–H and O–H groups in total. The molecule has 1 aromatic heterocycles. The molecule has 0 bridgehead atoms. The molecule has 0 unspecified atom stereocenters. The van der Waals surface area contributed by atoms with Crippen LogP contribution in [0.5, 0.6) is 5.75 Å². The number of halogens is 1. The average molecular weight is 391 g/mol. The fourth-order valence-corrected chi connectivity index (χ4v) is 3.26. The monoisotopic (exact) mass is 390 g/mol. The highest BCUT2D eigenvalue weighted by Gasteiger charge is 2.38. The molecule has 1 aliphatic rings. The summed E-state index contributed by atoms with van der Waals surface area (Å²) in [6.07, 6.45) is 2.35. The second-order valence-corrected chi connectivity index (χ2v) is 6.95. The maximum absolute atomic E-state index is 12.6. The smallest absolute Gasteiger partial charge is 0.240 e. The quantitative estimate of drug-likeness (QED) is 0.704. The van der Waals surface area contributed by atoms with E-state index in [4.69, 9.17) is 27.8 Å². The summed E-state index contributed by atoms with van der Waals surface area (Å²) < 4.78 is 5.13. The summed E-state index contributed by atoms with van der Waals surface area (Å²) in [7, 11) is 1.62. The largest absolute Gasteiger partial charge is 0.497 e. The molecule has 1 saturated heterocycles. The molecular formula is C18H23ClN6O2. The second kappa shape index (κ2) is 7.98. The summed E-state index contributed by atoms with van der Waals surface area (Å²) in [5.41, 5.74) is 12.2. The molecule has 27 heavy (non-hydrogen) atoms. The Balaban J connectivity index is 1.57. The minimum absolute atomic E-state index is 0.161. The number of carbonyl (C=O) groups excluding carboxylic acids is 1. The predicted octanol–water partition coefficient (Wildman–Crippen LogP) is 1.33. The van der Waals surface area contributed by atoms with Crippen molar-refractivity contribution < 1.29 is 9.53 Å². The summed E-state index contributed by atoms with van der Waals surface area (Å²) >= 11 is 6.19. The summed E-state index contributed by atoms with van der Waals surface area (Å²) in [5.74, 6) is 1.43. The van der Waals surface area contributed by atoms with Crippen LogP contribution in [0, 0.1) is 0 Å². The topological polar surface area (TPSA) is 119 Å². The third-order valence-corrected chi connectivity index (χ3v) is 5.18. The van der Waals surface area contributed by atoms with Gasteiger partial charge in [0, 0.05) is 19.6 Å². The number of carbonyl (C=O) groups is 1. The molecule has 8 nitrogen and oxygen atoms in total. The summed E-state index contributed by atoms with van der Waals surface area (Å²) in [6, 6.07) is 7.53. The number of ether oxygens (including phenoxy) is 1. The lowest BCUT2D eigenvalue weighted by atomic mass is 9.87.